The van der Waals surface area contributed by atoms with Gasteiger partial charge in [0.2, 0.25) is 0 Å². The Morgan fingerprint density at radius 2 is 0.754 bits per heavy atom. The highest BCUT2D eigenvalue weighted by Gasteiger charge is 2.12. The minimum Gasteiger partial charge on any atom is -0.478 e. The van der Waals surface area contributed by atoms with Crippen molar-refractivity contribution in [1.29, 1.82) is 0 Å². The van der Waals surface area contributed by atoms with Gasteiger partial charge in [-0.25, -0.2) is 4.79 Å². The highest BCUT2D eigenvalue weighted by atomic mass is 16.4. The van der Waals surface area contributed by atoms with Crippen LogP contribution in [0.1, 0.15) is 111 Å². The molecule has 0 aliphatic carbocycles. The largest absolute Gasteiger partial charge is 0.478 e. The number of hydrogen-bond acceptors (Lipinski definition) is 1. The van der Waals surface area contributed by atoms with Crippen LogP contribution in [0.5, 0.6) is 0 Å². The van der Waals surface area contributed by atoms with Crippen molar-refractivity contribution >= 4 is 59.8 Å². The lowest BCUT2D eigenvalue weighted by Crippen LogP contribution is -1.96. The molecule has 348 valence electrons. The molecule has 0 amide bonds. The van der Waals surface area contributed by atoms with E-state index in [0.29, 0.717) is 17.4 Å². The minimum absolute atomic E-state index is 0.347. The van der Waals surface area contributed by atoms with Crippen LogP contribution in [-0.2, 0) is 12.8 Å². The van der Waals surface area contributed by atoms with Gasteiger partial charge in [0, 0.05) is 0 Å². The van der Waals surface area contributed by atoms with E-state index in [1.54, 1.807) is 12.1 Å². The van der Waals surface area contributed by atoms with Gasteiger partial charge < -0.3 is 5.11 Å². The number of aromatic carboxylic acids is 1. The molecule has 0 fully saturated rings. The maximum Gasteiger partial charge on any atom is 0.335 e. The van der Waals surface area contributed by atoms with Crippen molar-refractivity contribution in [1.82, 2.24) is 0 Å². The van der Waals surface area contributed by atoms with E-state index in [1.165, 1.54) is 87.2 Å². The Kier molecular flexibility index (Phi) is 18.8. The van der Waals surface area contributed by atoms with Crippen LogP contribution in [0, 0.1) is 0 Å². The monoisotopic (exact) mass is 905 g/mol. The van der Waals surface area contributed by atoms with Gasteiger partial charge in [0.05, 0.1) is 5.56 Å². The molecule has 0 aromatic heterocycles. The summed E-state index contributed by atoms with van der Waals surface area (Å²) in [6.45, 7) is 16.7. The second-order valence-electron chi connectivity index (χ2n) is 17.3. The van der Waals surface area contributed by atoms with Gasteiger partial charge in [0.15, 0.2) is 0 Å². The number of fused-ring (bicyclic) bond motifs is 2. The molecule has 11 rings (SSSR count). The first-order chi connectivity index (χ1) is 33.7. The molecule has 0 radical (unpaired) electrons. The Morgan fingerprint density at radius 3 is 1.22 bits per heavy atom. The zero-order valence-corrected chi connectivity index (χ0v) is 41.8. The van der Waals surface area contributed by atoms with E-state index < -0.39 is 5.97 Å². The second-order valence-corrected chi connectivity index (χ2v) is 17.3. The summed E-state index contributed by atoms with van der Waals surface area (Å²) in [4.78, 5) is 10.5. The van der Waals surface area contributed by atoms with Crippen molar-refractivity contribution < 1.29 is 9.90 Å². The van der Waals surface area contributed by atoms with E-state index in [4.69, 9.17) is 5.11 Å². The second kappa shape index (κ2) is 25.5. The van der Waals surface area contributed by atoms with Gasteiger partial charge >= 0.3 is 5.97 Å². The average Bonchev–Trinajstić information content (AvgIpc) is 3.40. The maximum absolute atomic E-state index is 10.5. The number of carboxylic acids is 1. The molecule has 0 saturated carbocycles. The maximum atomic E-state index is 10.5. The van der Waals surface area contributed by atoms with E-state index >= 15 is 0 Å². The summed E-state index contributed by atoms with van der Waals surface area (Å²) in [7, 11) is 0. The summed E-state index contributed by atoms with van der Waals surface area (Å²) in [6.07, 6.45) is 2.00. The first kappa shape index (κ1) is 50.9. The molecule has 0 heterocycles. The number of carbonyl (C=O) groups is 1. The number of carboxylic acid groups (broad SMARTS) is 1. The summed E-state index contributed by atoms with van der Waals surface area (Å²) in [5, 5.41) is 22.3. The molecule has 11 aromatic carbocycles. The Hall–Kier alpha value is -7.55. The first-order valence-corrected chi connectivity index (χ1v) is 24.7. The fourth-order valence-corrected chi connectivity index (χ4v) is 8.80. The van der Waals surface area contributed by atoms with E-state index in [2.05, 4.69) is 228 Å². The van der Waals surface area contributed by atoms with Crippen molar-refractivity contribution in [3.63, 3.8) is 0 Å². The zero-order chi connectivity index (χ0) is 49.1. The van der Waals surface area contributed by atoms with Gasteiger partial charge in [0.1, 0.15) is 0 Å². The molecule has 0 bridgehead atoms. The fraction of sp³-hybridized carbons (Fsp3) is 0.179. The Morgan fingerprint density at radius 1 is 0.362 bits per heavy atom. The molecule has 0 spiro atoms. The topological polar surface area (TPSA) is 37.3 Å². The van der Waals surface area contributed by atoms with Gasteiger partial charge in [-0.05, 0) is 124 Å². The molecule has 69 heavy (non-hydrogen) atoms. The summed E-state index contributed by atoms with van der Waals surface area (Å²) >= 11 is 0. The van der Waals surface area contributed by atoms with Gasteiger partial charge in [0.25, 0.3) is 0 Å². The molecule has 0 aliphatic heterocycles. The van der Waals surface area contributed by atoms with Crippen LogP contribution in [0.2, 0.25) is 0 Å². The molecule has 2 nitrogen and oxygen atoms in total. The third kappa shape index (κ3) is 13.1. The quantitative estimate of drug-likeness (QED) is 0.162. The molecule has 1 N–H and O–H groups in total. The summed E-state index contributed by atoms with van der Waals surface area (Å²) < 4.78 is 0. The molecule has 11 aromatic rings. The van der Waals surface area contributed by atoms with Crippen LogP contribution < -0.4 is 0 Å². The van der Waals surface area contributed by atoms with Crippen LogP contribution in [-0.4, -0.2) is 11.1 Å². The predicted octanol–water partition coefficient (Wildman–Crippen LogP) is 19.1. The van der Waals surface area contributed by atoms with E-state index in [1.807, 2.05) is 39.8 Å². The Bertz CT molecular complexity index is 3130. The smallest absolute Gasteiger partial charge is 0.335 e. The standard InChI is InChI=1S/C19H16.2C17H14.C10H12O2.2C2H6/c1-12(2)16-10-8-15-7-6-13-4-3-5-14-9-11-17(16)19(15)18(13)14;2*1-2-7-14(8-3-1)13-16-11-6-10-15-9-4-5-12-17(15)16;1-7(2)8-3-5-9(6-4-8)10(11)12;2*1-2/h3-12H,1-2H3;2*1-12H,13H2;3-7H,1-2H3,(H,11,12);2*1-2H3. The van der Waals surface area contributed by atoms with Crippen molar-refractivity contribution in [2.45, 2.75) is 80.1 Å². The van der Waals surface area contributed by atoms with Crippen LogP contribution in [0.25, 0.3) is 53.9 Å². The van der Waals surface area contributed by atoms with Gasteiger partial charge in [-0.1, -0.05) is 268 Å². The predicted molar refractivity (Wildman–Crippen MR) is 301 cm³/mol. The van der Waals surface area contributed by atoms with Gasteiger partial charge in [-0.3, -0.25) is 0 Å². The van der Waals surface area contributed by atoms with Crippen LogP contribution in [0.3, 0.4) is 0 Å². The van der Waals surface area contributed by atoms with Crippen molar-refractivity contribution in [3.8, 4) is 0 Å². The molecule has 0 aliphatic rings. The van der Waals surface area contributed by atoms with E-state index in [-0.39, 0.29) is 0 Å². The van der Waals surface area contributed by atoms with Crippen molar-refractivity contribution in [2.24, 2.45) is 0 Å². The number of benzene rings is 11. The summed E-state index contributed by atoms with van der Waals surface area (Å²) in [5.74, 6) is 0.141. The third-order valence-corrected chi connectivity index (χ3v) is 12.2. The van der Waals surface area contributed by atoms with E-state index in [0.717, 1.165) is 12.8 Å². The highest BCUT2D eigenvalue weighted by molar-refractivity contribution is 6.23. The Balaban J connectivity index is 0.000000149. The molecule has 0 unspecified atom stereocenters. The average molecular weight is 905 g/mol. The van der Waals surface area contributed by atoms with Gasteiger partial charge in [-0.2, -0.15) is 0 Å². The zero-order valence-electron chi connectivity index (χ0n) is 41.8. The van der Waals surface area contributed by atoms with E-state index in [9.17, 15) is 4.79 Å². The lowest BCUT2D eigenvalue weighted by molar-refractivity contribution is 0.0697. The molecule has 0 saturated heterocycles. The molecular formula is C67H68O2. The number of hydrogen-bond donors (Lipinski definition) is 1. The summed E-state index contributed by atoms with van der Waals surface area (Å²) in [5.41, 5.74) is 8.49. The van der Waals surface area contributed by atoms with Crippen LogP contribution >= 0.6 is 0 Å². The summed E-state index contributed by atoms with van der Waals surface area (Å²) in [6, 6.07) is 78.6. The SMILES string of the molecule is CC.CC.CC(C)c1ccc(C(=O)O)cc1.CC(C)c1ccc2ccc3cccc4ccc1c2c34.c1ccc(Cc2cccc3ccccc23)cc1.c1ccc(Cc2cccc3ccccc23)cc1. The Labute approximate surface area is 411 Å². The highest BCUT2D eigenvalue weighted by Crippen LogP contribution is 2.37. The molecular weight excluding hydrogens is 837 g/mol. The normalized spacial score (nSPS) is 10.5. The van der Waals surface area contributed by atoms with Crippen LogP contribution in [0.15, 0.2) is 224 Å². The van der Waals surface area contributed by atoms with Gasteiger partial charge in [-0.15, -0.1) is 0 Å². The lowest BCUT2D eigenvalue weighted by Gasteiger charge is -2.15. The van der Waals surface area contributed by atoms with Crippen molar-refractivity contribution in [2.75, 3.05) is 0 Å². The minimum atomic E-state index is -0.870. The first-order valence-electron chi connectivity index (χ1n) is 24.7. The van der Waals surface area contributed by atoms with Crippen LogP contribution in [0.4, 0.5) is 0 Å². The molecule has 2 heteroatoms. The van der Waals surface area contributed by atoms with Crippen molar-refractivity contribution in [3.05, 3.63) is 263 Å². The third-order valence-electron chi connectivity index (χ3n) is 12.2. The number of rotatable bonds is 7. The fourth-order valence-electron chi connectivity index (χ4n) is 8.80. The lowest BCUT2D eigenvalue weighted by atomic mass is 9.89. The molecule has 0 atom stereocenters.